The van der Waals surface area contributed by atoms with Gasteiger partial charge in [0, 0.05) is 18.4 Å². The minimum atomic E-state index is -4.39. The average molecular weight is 419 g/mol. The van der Waals surface area contributed by atoms with Crippen LogP contribution in [0.2, 0.25) is 0 Å². The zero-order chi connectivity index (χ0) is 20.6. The number of hydrogen-bond acceptors (Lipinski definition) is 6. The van der Waals surface area contributed by atoms with Gasteiger partial charge < -0.3 is 10.6 Å². The van der Waals surface area contributed by atoms with Crippen LogP contribution in [0.1, 0.15) is 23.9 Å². The van der Waals surface area contributed by atoms with Gasteiger partial charge in [0.05, 0.1) is 11.3 Å². The van der Waals surface area contributed by atoms with E-state index in [0.29, 0.717) is 40.0 Å². The van der Waals surface area contributed by atoms with Crippen molar-refractivity contribution < 1.29 is 18.0 Å². The van der Waals surface area contributed by atoms with Gasteiger partial charge >= 0.3 is 6.18 Å². The molecule has 4 rings (SSSR count). The van der Waals surface area contributed by atoms with Crippen LogP contribution in [0.25, 0.3) is 10.7 Å². The van der Waals surface area contributed by atoms with Gasteiger partial charge in [-0.15, -0.1) is 10.2 Å². The highest BCUT2D eigenvalue weighted by Gasteiger charge is 2.42. The first kappa shape index (κ1) is 19.3. The molecular formula is C19H16F3N5OS. The molecule has 1 atom stereocenters. The predicted octanol–water partition coefficient (Wildman–Crippen LogP) is 4.14. The zero-order valence-electron chi connectivity index (χ0n) is 15.2. The van der Waals surface area contributed by atoms with E-state index in [4.69, 9.17) is 0 Å². The van der Waals surface area contributed by atoms with Crippen LogP contribution >= 0.6 is 11.3 Å². The first-order chi connectivity index (χ1) is 13.8. The summed E-state index contributed by atoms with van der Waals surface area (Å²) in [4.78, 5) is 16.5. The number of halogens is 3. The number of rotatable bonds is 4. The van der Waals surface area contributed by atoms with E-state index in [1.54, 1.807) is 18.3 Å². The molecule has 10 heteroatoms. The van der Waals surface area contributed by atoms with Crippen molar-refractivity contribution in [3.63, 3.8) is 0 Å². The molecule has 2 aromatic heterocycles. The molecule has 29 heavy (non-hydrogen) atoms. The third-order valence-electron chi connectivity index (χ3n) is 4.81. The molecular weight excluding hydrogens is 403 g/mol. The lowest BCUT2D eigenvalue weighted by Gasteiger charge is -2.15. The van der Waals surface area contributed by atoms with Crippen molar-refractivity contribution >= 4 is 28.6 Å². The highest BCUT2D eigenvalue weighted by atomic mass is 32.1. The van der Waals surface area contributed by atoms with Crippen molar-refractivity contribution in [3.05, 3.63) is 53.2 Å². The zero-order valence-corrected chi connectivity index (χ0v) is 16.1. The monoisotopic (exact) mass is 419 g/mol. The largest absolute Gasteiger partial charge is 0.416 e. The fraction of sp³-hybridized carbons (Fsp3) is 0.263. The second kappa shape index (κ2) is 7.11. The summed E-state index contributed by atoms with van der Waals surface area (Å²) >= 11 is 1.28. The van der Waals surface area contributed by atoms with Crippen LogP contribution in [0.15, 0.2) is 42.6 Å². The Bertz CT molecular complexity index is 1050. The molecule has 0 unspecified atom stereocenters. The normalized spacial score (nSPS) is 19.2. The van der Waals surface area contributed by atoms with Gasteiger partial charge in [0.25, 0.3) is 0 Å². The number of nitrogens with zero attached hydrogens (tertiary/aromatic N) is 3. The predicted molar refractivity (Wildman–Crippen MR) is 103 cm³/mol. The van der Waals surface area contributed by atoms with Crippen molar-refractivity contribution in [1.29, 1.82) is 0 Å². The molecule has 3 heterocycles. The van der Waals surface area contributed by atoms with E-state index >= 15 is 0 Å². The smallest absolute Gasteiger partial charge is 0.355 e. The molecule has 1 aromatic carbocycles. The fourth-order valence-corrected chi connectivity index (χ4v) is 4.08. The maximum Gasteiger partial charge on any atom is 0.416 e. The quantitative estimate of drug-likeness (QED) is 0.665. The van der Waals surface area contributed by atoms with Gasteiger partial charge in [-0.3, -0.25) is 9.78 Å². The Morgan fingerprint density at radius 3 is 2.59 bits per heavy atom. The second-order valence-corrected chi connectivity index (χ2v) is 7.83. The van der Waals surface area contributed by atoms with Crippen LogP contribution in [0.5, 0.6) is 0 Å². The van der Waals surface area contributed by atoms with E-state index in [-0.39, 0.29) is 5.91 Å². The van der Waals surface area contributed by atoms with Crippen molar-refractivity contribution in [2.45, 2.75) is 24.9 Å². The molecule has 0 radical (unpaired) electrons. The SMILES string of the molecule is C[C@]1(c2nnc(-c3ncccc3Nc3ccc(C(F)(F)F)cc3)s2)CCNC1=O. The van der Waals surface area contributed by atoms with Crippen LogP contribution in [0.4, 0.5) is 24.5 Å². The summed E-state index contributed by atoms with van der Waals surface area (Å²) in [7, 11) is 0. The number of anilines is 2. The molecule has 0 spiro atoms. The number of carbonyl (C=O) groups excluding carboxylic acids is 1. The fourth-order valence-electron chi connectivity index (χ4n) is 3.06. The van der Waals surface area contributed by atoms with E-state index in [2.05, 4.69) is 25.8 Å². The minimum Gasteiger partial charge on any atom is -0.355 e. The molecule has 1 amide bonds. The number of hydrogen-bond donors (Lipinski definition) is 2. The molecule has 1 saturated heterocycles. The maximum atomic E-state index is 12.7. The van der Waals surface area contributed by atoms with Gasteiger partial charge in [-0.1, -0.05) is 11.3 Å². The first-order valence-electron chi connectivity index (χ1n) is 8.79. The van der Waals surface area contributed by atoms with Crippen LogP contribution in [-0.2, 0) is 16.4 Å². The summed E-state index contributed by atoms with van der Waals surface area (Å²) in [6.07, 6.45) is -2.15. The van der Waals surface area contributed by atoms with Crippen LogP contribution in [0, 0.1) is 0 Å². The van der Waals surface area contributed by atoms with Crippen molar-refractivity contribution in [3.8, 4) is 10.7 Å². The molecule has 1 aliphatic rings. The lowest BCUT2D eigenvalue weighted by molar-refractivity contribution is -0.137. The third kappa shape index (κ3) is 3.67. The van der Waals surface area contributed by atoms with Gasteiger partial charge in [0.15, 0.2) is 5.01 Å². The number of nitrogens with one attached hydrogen (secondary N) is 2. The molecule has 150 valence electrons. The number of alkyl halides is 3. The van der Waals surface area contributed by atoms with E-state index in [1.807, 2.05) is 6.92 Å². The molecule has 1 aliphatic heterocycles. The van der Waals surface area contributed by atoms with E-state index < -0.39 is 17.2 Å². The molecule has 3 aromatic rings. The lowest BCUT2D eigenvalue weighted by Crippen LogP contribution is -2.32. The number of carbonyl (C=O) groups is 1. The highest BCUT2D eigenvalue weighted by molar-refractivity contribution is 7.15. The summed E-state index contributed by atoms with van der Waals surface area (Å²) in [6, 6.07) is 8.21. The van der Waals surface area contributed by atoms with Crippen LogP contribution in [0.3, 0.4) is 0 Å². The Morgan fingerprint density at radius 2 is 1.93 bits per heavy atom. The van der Waals surface area contributed by atoms with Crippen molar-refractivity contribution in [2.75, 3.05) is 11.9 Å². The summed E-state index contributed by atoms with van der Waals surface area (Å²) < 4.78 is 38.2. The molecule has 0 saturated carbocycles. The van der Waals surface area contributed by atoms with Crippen molar-refractivity contribution in [1.82, 2.24) is 20.5 Å². The number of amides is 1. The standard InChI is InChI=1S/C19H16F3N5OS/c1-18(8-10-24-16(18)28)17-27-26-15(29-17)14-13(3-2-9-23-14)25-12-6-4-11(5-7-12)19(20,21)22/h2-7,9,25H,8,10H2,1H3,(H,24,28)/t18-/m0/s1. The van der Waals surface area contributed by atoms with E-state index in [9.17, 15) is 18.0 Å². The van der Waals surface area contributed by atoms with Gasteiger partial charge in [-0.2, -0.15) is 13.2 Å². The molecule has 6 nitrogen and oxygen atoms in total. The highest BCUT2D eigenvalue weighted by Crippen LogP contribution is 2.38. The van der Waals surface area contributed by atoms with Gasteiger partial charge in [0.2, 0.25) is 5.91 Å². The summed E-state index contributed by atoms with van der Waals surface area (Å²) in [5.74, 6) is -0.0793. The topological polar surface area (TPSA) is 79.8 Å². The molecule has 0 bridgehead atoms. The van der Waals surface area contributed by atoms with Gasteiger partial charge in [-0.25, -0.2) is 0 Å². The Labute approximate surface area is 168 Å². The second-order valence-electron chi connectivity index (χ2n) is 6.85. The average Bonchev–Trinajstić information content (AvgIpc) is 3.30. The lowest BCUT2D eigenvalue weighted by atomic mass is 9.90. The van der Waals surface area contributed by atoms with Gasteiger partial charge in [0.1, 0.15) is 16.1 Å². The Kier molecular flexibility index (Phi) is 4.73. The Hall–Kier alpha value is -3.01. The van der Waals surface area contributed by atoms with Crippen molar-refractivity contribution in [2.24, 2.45) is 0 Å². The number of aromatic nitrogens is 3. The van der Waals surface area contributed by atoms with Crippen LogP contribution in [-0.4, -0.2) is 27.6 Å². The first-order valence-corrected chi connectivity index (χ1v) is 9.61. The number of benzene rings is 1. The maximum absolute atomic E-state index is 12.7. The Morgan fingerprint density at radius 1 is 1.17 bits per heavy atom. The summed E-state index contributed by atoms with van der Waals surface area (Å²) in [5.41, 5.74) is 0.144. The van der Waals surface area contributed by atoms with Gasteiger partial charge in [-0.05, 0) is 49.7 Å². The summed E-state index contributed by atoms with van der Waals surface area (Å²) in [6.45, 7) is 2.42. The summed E-state index contributed by atoms with van der Waals surface area (Å²) in [5, 5.41) is 15.4. The number of pyridine rings is 1. The third-order valence-corrected chi connectivity index (χ3v) is 6.00. The minimum absolute atomic E-state index is 0.0793. The molecule has 2 N–H and O–H groups in total. The molecule has 1 fully saturated rings. The van der Waals surface area contributed by atoms with E-state index in [1.165, 1.54) is 23.5 Å². The Balaban J connectivity index is 1.62. The molecule has 0 aliphatic carbocycles. The van der Waals surface area contributed by atoms with E-state index in [0.717, 1.165) is 12.1 Å². The van der Waals surface area contributed by atoms with Crippen LogP contribution < -0.4 is 10.6 Å².